The monoisotopic (exact) mass is 377 g/mol. The van der Waals surface area contributed by atoms with Crippen LogP contribution in [0.5, 0.6) is 0 Å². The van der Waals surface area contributed by atoms with Crippen molar-refractivity contribution in [3.63, 3.8) is 0 Å². The van der Waals surface area contributed by atoms with Crippen LogP contribution in [-0.4, -0.2) is 34.6 Å². The van der Waals surface area contributed by atoms with Gasteiger partial charge in [0.1, 0.15) is 11.4 Å². The zero-order chi connectivity index (χ0) is 18.1. The van der Waals surface area contributed by atoms with Gasteiger partial charge < -0.3 is 0 Å². The number of nitrogens with zero attached hydrogens (tertiary/aromatic N) is 3. The van der Waals surface area contributed by atoms with Gasteiger partial charge in [-0.05, 0) is 25.0 Å². The van der Waals surface area contributed by atoms with Crippen molar-refractivity contribution in [3.05, 3.63) is 29.6 Å². The summed E-state index contributed by atoms with van der Waals surface area (Å²) in [5.41, 5.74) is -0.980. The van der Waals surface area contributed by atoms with E-state index in [1.54, 1.807) is 6.92 Å². The number of hydrogen-bond donors (Lipinski definition) is 0. The van der Waals surface area contributed by atoms with Crippen LogP contribution in [0.4, 0.5) is 17.6 Å². The molecule has 3 aliphatic rings. The van der Waals surface area contributed by atoms with Crippen molar-refractivity contribution in [2.24, 2.45) is 5.41 Å². The lowest BCUT2D eigenvalue weighted by molar-refractivity contribution is 0.210. The lowest BCUT2D eigenvalue weighted by atomic mass is 9.75. The van der Waals surface area contributed by atoms with E-state index < -0.39 is 55.7 Å². The average molecular weight is 377 g/mol. The number of hydrogen-bond acceptors (Lipinski definition) is 4. The summed E-state index contributed by atoms with van der Waals surface area (Å²) in [6, 6.07) is -0.718. The number of fused-ring (bicyclic) bond motifs is 1. The van der Waals surface area contributed by atoms with E-state index in [4.69, 9.17) is 0 Å². The molecule has 0 spiro atoms. The first-order valence-electron chi connectivity index (χ1n) is 7.86. The smallest absolute Gasteiger partial charge is 0.246 e. The highest BCUT2D eigenvalue weighted by Crippen LogP contribution is 2.51. The molecule has 1 aliphatic heterocycles. The molecule has 0 N–H and O–H groups in total. The quantitative estimate of drug-likeness (QED) is 0.759. The fraction of sp³-hybridized carbons (Fsp3) is 0.600. The molecule has 4 rings (SSSR count). The van der Waals surface area contributed by atoms with Crippen LogP contribution in [0.3, 0.4) is 0 Å². The van der Waals surface area contributed by atoms with Crippen LogP contribution in [0.15, 0.2) is 29.0 Å². The standard InChI is InChI=1S/C15H15F4N3O2S/c1-15(3-2-7(16)10(19)6-15)12-5-9(18)13-20-14(21-22(12)13)25(23,24)11-4-8(11)17/h2,6,8-9,11-12H,3-5H2,1H3/t8-,9+,11-,12+,15?/m1/s1. The highest BCUT2D eigenvalue weighted by Gasteiger charge is 2.52. The number of allylic oxidation sites excluding steroid dienone is 4. The van der Waals surface area contributed by atoms with Gasteiger partial charge >= 0.3 is 0 Å². The molecule has 2 aliphatic carbocycles. The number of sulfone groups is 1. The van der Waals surface area contributed by atoms with Crippen molar-refractivity contribution in [1.29, 1.82) is 0 Å². The zero-order valence-corrected chi connectivity index (χ0v) is 14.0. The topological polar surface area (TPSA) is 64.8 Å². The Morgan fingerprint density at radius 2 is 1.92 bits per heavy atom. The summed E-state index contributed by atoms with van der Waals surface area (Å²) in [6.07, 6.45) is -0.964. The third kappa shape index (κ3) is 2.44. The largest absolute Gasteiger partial charge is 0.267 e. The Bertz CT molecular complexity index is 910. The first-order valence-corrected chi connectivity index (χ1v) is 9.41. The Kier molecular flexibility index (Phi) is 3.45. The number of halogens is 4. The molecule has 25 heavy (non-hydrogen) atoms. The van der Waals surface area contributed by atoms with E-state index in [0.29, 0.717) is 0 Å². The van der Waals surface area contributed by atoms with Crippen LogP contribution in [0.25, 0.3) is 0 Å². The van der Waals surface area contributed by atoms with Crippen LogP contribution < -0.4 is 0 Å². The summed E-state index contributed by atoms with van der Waals surface area (Å²) >= 11 is 0. The molecule has 5 atom stereocenters. The SMILES string of the molecule is CC1([C@@H]2C[C@H](F)c3nc(S(=O)(=O)[C@@H]4C[C@H]4F)nn32)C=C(F)C(F)=CC1. The average Bonchev–Trinajstić information content (AvgIpc) is 3.00. The minimum atomic E-state index is -4.06. The lowest BCUT2D eigenvalue weighted by Crippen LogP contribution is -2.28. The van der Waals surface area contributed by atoms with Crippen molar-refractivity contribution >= 4 is 9.84 Å². The molecular formula is C15H15F4N3O2S. The third-order valence-corrected chi connectivity index (χ3v) is 7.09. The highest BCUT2D eigenvalue weighted by atomic mass is 32.2. The van der Waals surface area contributed by atoms with Crippen molar-refractivity contribution < 1.29 is 26.0 Å². The Labute approximate surface area is 141 Å². The molecule has 0 radical (unpaired) electrons. The van der Waals surface area contributed by atoms with Crippen molar-refractivity contribution in [1.82, 2.24) is 14.8 Å². The second-order valence-corrected chi connectivity index (χ2v) is 9.07. The van der Waals surface area contributed by atoms with Crippen molar-refractivity contribution in [3.8, 4) is 0 Å². The second-order valence-electron chi connectivity index (χ2n) is 7.01. The predicted molar refractivity (Wildman–Crippen MR) is 79.1 cm³/mol. The normalized spacial score (nSPS) is 37.5. The van der Waals surface area contributed by atoms with Crippen LogP contribution in [0.1, 0.15) is 44.2 Å². The molecule has 1 unspecified atom stereocenters. The summed E-state index contributed by atoms with van der Waals surface area (Å²) in [6.45, 7) is 1.62. The minimum absolute atomic E-state index is 0.0689. The molecule has 136 valence electrons. The van der Waals surface area contributed by atoms with E-state index in [-0.39, 0.29) is 25.1 Å². The van der Waals surface area contributed by atoms with Crippen LogP contribution in [0, 0.1) is 5.41 Å². The molecule has 0 aromatic carbocycles. The molecule has 1 aromatic rings. The summed E-state index contributed by atoms with van der Waals surface area (Å²) < 4.78 is 80.1. The molecule has 1 saturated carbocycles. The van der Waals surface area contributed by atoms with E-state index in [0.717, 1.165) is 16.8 Å². The second kappa shape index (κ2) is 5.15. The van der Waals surface area contributed by atoms with E-state index in [1.807, 2.05) is 0 Å². The zero-order valence-electron chi connectivity index (χ0n) is 13.2. The molecule has 5 nitrogen and oxygen atoms in total. The Morgan fingerprint density at radius 1 is 1.24 bits per heavy atom. The first kappa shape index (κ1) is 16.7. The fourth-order valence-corrected chi connectivity index (χ4v) is 5.00. The number of rotatable bonds is 3. The van der Waals surface area contributed by atoms with Crippen LogP contribution in [-0.2, 0) is 9.84 Å². The van der Waals surface area contributed by atoms with Gasteiger partial charge in [0.2, 0.25) is 9.84 Å². The molecule has 10 heteroatoms. The Hall–Kier alpha value is -1.71. The van der Waals surface area contributed by atoms with E-state index in [2.05, 4.69) is 10.1 Å². The Morgan fingerprint density at radius 3 is 2.52 bits per heavy atom. The molecule has 1 aromatic heterocycles. The van der Waals surface area contributed by atoms with Crippen molar-refractivity contribution in [2.45, 2.75) is 55.0 Å². The Balaban J connectivity index is 1.72. The van der Waals surface area contributed by atoms with Gasteiger partial charge in [-0.25, -0.2) is 30.7 Å². The number of alkyl halides is 2. The first-order chi connectivity index (χ1) is 11.6. The molecule has 0 amide bonds. The van der Waals surface area contributed by atoms with E-state index >= 15 is 0 Å². The third-order valence-electron chi connectivity index (χ3n) is 5.12. The van der Waals surface area contributed by atoms with Gasteiger partial charge in [-0.1, -0.05) is 6.92 Å². The number of aromatic nitrogens is 3. The van der Waals surface area contributed by atoms with Gasteiger partial charge in [0.25, 0.3) is 5.16 Å². The van der Waals surface area contributed by atoms with Crippen LogP contribution in [0.2, 0.25) is 0 Å². The highest BCUT2D eigenvalue weighted by molar-refractivity contribution is 7.92. The lowest BCUT2D eigenvalue weighted by Gasteiger charge is -2.33. The maximum Gasteiger partial charge on any atom is 0.267 e. The van der Waals surface area contributed by atoms with E-state index in [1.165, 1.54) is 0 Å². The van der Waals surface area contributed by atoms with Gasteiger partial charge in [0, 0.05) is 11.8 Å². The summed E-state index contributed by atoms with van der Waals surface area (Å²) in [7, 11) is -4.06. The van der Waals surface area contributed by atoms with Gasteiger partial charge in [-0.15, -0.1) is 5.10 Å². The van der Waals surface area contributed by atoms with Crippen LogP contribution >= 0.6 is 0 Å². The maximum absolute atomic E-state index is 14.4. The fourth-order valence-electron chi connectivity index (χ4n) is 3.48. The van der Waals surface area contributed by atoms with Gasteiger partial charge in [-0.3, -0.25) is 0 Å². The molecule has 2 heterocycles. The van der Waals surface area contributed by atoms with Gasteiger partial charge in [-0.2, -0.15) is 4.98 Å². The minimum Gasteiger partial charge on any atom is -0.246 e. The van der Waals surface area contributed by atoms with Gasteiger partial charge in [0.05, 0.1) is 6.04 Å². The maximum atomic E-state index is 14.4. The molecular weight excluding hydrogens is 362 g/mol. The summed E-state index contributed by atoms with van der Waals surface area (Å²) in [5.74, 6) is -2.19. The molecule has 1 fully saturated rings. The van der Waals surface area contributed by atoms with Gasteiger partial charge in [0.15, 0.2) is 23.6 Å². The molecule has 0 bridgehead atoms. The van der Waals surface area contributed by atoms with Crippen molar-refractivity contribution in [2.75, 3.05) is 0 Å². The predicted octanol–water partition coefficient (Wildman–Crippen LogP) is 3.23. The summed E-state index contributed by atoms with van der Waals surface area (Å²) in [4.78, 5) is 3.77. The summed E-state index contributed by atoms with van der Waals surface area (Å²) in [5, 5.41) is 2.11. The molecule has 0 saturated heterocycles. The van der Waals surface area contributed by atoms with E-state index in [9.17, 15) is 26.0 Å².